The lowest BCUT2D eigenvalue weighted by molar-refractivity contribution is 0.0935. The molecular formula is C20H20N2O4. The number of carbonyl (C=O) groups is 1. The van der Waals surface area contributed by atoms with Crippen molar-refractivity contribution >= 4 is 16.8 Å². The third-order valence-electron chi connectivity index (χ3n) is 4.39. The maximum absolute atomic E-state index is 12.6. The molecule has 1 aromatic heterocycles. The van der Waals surface area contributed by atoms with Crippen LogP contribution in [0.2, 0.25) is 0 Å². The van der Waals surface area contributed by atoms with Crippen molar-refractivity contribution in [2.75, 3.05) is 13.4 Å². The van der Waals surface area contributed by atoms with Crippen molar-refractivity contribution in [3.05, 3.63) is 53.7 Å². The Morgan fingerprint density at radius 2 is 2.04 bits per heavy atom. The molecule has 0 saturated carbocycles. The Kier molecular flexibility index (Phi) is 4.16. The molecule has 2 aromatic carbocycles. The summed E-state index contributed by atoms with van der Waals surface area (Å²) < 4.78 is 16.2. The standard InChI is InChI=1S/C20H20N2O4/c1-3-24-15-6-4-14-8-17(22-16(14)10-15)20(23)21-12(2)13-5-7-18-19(9-13)26-11-25-18/h4-10,12,22H,3,11H2,1-2H3,(H,21,23). The molecule has 4 rings (SSSR count). The Hall–Kier alpha value is -3.15. The van der Waals surface area contributed by atoms with Crippen molar-refractivity contribution in [2.45, 2.75) is 19.9 Å². The Bertz CT molecular complexity index is 964. The van der Waals surface area contributed by atoms with E-state index < -0.39 is 0 Å². The fourth-order valence-corrected chi connectivity index (χ4v) is 3.03. The quantitative estimate of drug-likeness (QED) is 0.733. The number of H-pyrrole nitrogens is 1. The number of hydrogen-bond acceptors (Lipinski definition) is 4. The second-order valence-corrected chi connectivity index (χ2v) is 6.17. The van der Waals surface area contributed by atoms with Gasteiger partial charge in [-0.2, -0.15) is 0 Å². The number of ether oxygens (including phenoxy) is 3. The SMILES string of the molecule is CCOc1ccc2cc(C(=O)NC(C)c3ccc4c(c3)OCO4)[nH]c2c1. The number of aromatic nitrogens is 1. The lowest BCUT2D eigenvalue weighted by atomic mass is 10.1. The van der Waals surface area contributed by atoms with Crippen LogP contribution < -0.4 is 19.5 Å². The zero-order valence-electron chi connectivity index (χ0n) is 14.7. The molecule has 0 aliphatic carbocycles. The smallest absolute Gasteiger partial charge is 0.268 e. The van der Waals surface area contributed by atoms with E-state index in [9.17, 15) is 4.79 Å². The van der Waals surface area contributed by atoms with Crippen LogP contribution in [0.5, 0.6) is 17.2 Å². The molecule has 0 saturated heterocycles. The van der Waals surface area contributed by atoms with E-state index in [4.69, 9.17) is 14.2 Å². The molecule has 0 fully saturated rings. The lowest BCUT2D eigenvalue weighted by Crippen LogP contribution is -2.26. The van der Waals surface area contributed by atoms with E-state index in [-0.39, 0.29) is 18.7 Å². The minimum Gasteiger partial charge on any atom is -0.494 e. The van der Waals surface area contributed by atoms with Gasteiger partial charge in [-0.15, -0.1) is 0 Å². The number of hydrogen-bond donors (Lipinski definition) is 2. The maximum Gasteiger partial charge on any atom is 0.268 e. The largest absolute Gasteiger partial charge is 0.494 e. The fraction of sp³-hybridized carbons (Fsp3) is 0.250. The van der Waals surface area contributed by atoms with Crippen LogP contribution in [-0.2, 0) is 0 Å². The Labute approximate surface area is 151 Å². The summed E-state index contributed by atoms with van der Waals surface area (Å²) in [5, 5.41) is 3.97. The van der Waals surface area contributed by atoms with Gasteiger partial charge in [-0.3, -0.25) is 4.79 Å². The second kappa shape index (κ2) is 6.63. The van der Waals surface area contributed by atoms with Crippen LogP contribution in [0.1, 0.15) is 35.9 Å². The summed E-state index contributed by atoms with van der Waals surface area (Å²) >= 11 is 0. The predicted molar refractivity (Wildman–Crippen MR) is 97.9 cm³/mol. The van der Waals surface area contributed by atoms with Crippen molar-refractivity contribution in [3.63, 3.8) is 0 Å². The summed E-state index contributed by atoms with van der Waals surface area (Å²) in [6.45, 7) is 4.71. The molecule has 6 nitrogen and oxygen atoms in total. The molecule has 2 N–H and O–H groups in total. The average molecular weight is 352 g/mol. The molecule has 1 amide bonds. The lowest BCUT2D eigenvalue weighted by Gasteiger charge is -2.14. The molecule has 1 aliphatic rings. The number of benzene rings is 2. The van der Waals surface area contributed by atoms with Crippen LogP contribution in [0.3, 0.4) is 0 Å². The number of nitrogens with one attached hydrogen (secondary N) is 2. The Morgan fingerprint density at radius 1 is 1.19 bits per heavy atom. The Morgan fingerprint density at radius 3 is 2.88 bits per heavy atom. The highest BCUT2D eigenvalue weighted by Gasteiger charge is 2.18. The van der Waals surface area contributed by atoms with Crippen molar-refractivity contribution in [1.29, 1.82) is 0 Å². The van der Waals surface area contributed by atoms with Crippen molar-refractivity contribution in [2.24, 2.45) is 0 Å². The van der Waals surface area contributed by atoms with Crippen molar-refractivity contribution < 1.29 is 19.0 Å². The summed E-state index contributed by atoms with van der Waals surface area (Å²) in [4.78, 5) is 15.8. The number of fused-ring (bicyclic) bond motifs is 2. The van der Waals surface area contributed by atoms with Crippen molar-refractivity contribution in [1.82, 2.24) is 10.3 Å². The van der Waals surface area contributed by atoms with Gasteiger partial charge in [-0.05, 0) is 49.7 Å². The molecule has 6 heteroatoms. The van der Waals surface area contributed by atoms with E-state index in [0.29, 0.717) is 18.1 Å². The topological polar surface area (TPSA) is 72.6 Å². The van der Waals surface area contributed by atoms with Gasteiger partial charge in [-0.25, -0.2) is 0 Å². The molecule has 1 aliphatic heterocycles. The van der Waals surface area contributed by atoms with Crippen LogP contribution in [0, 0.1) is 0 Å². The first kappa shape index (κ1) is 16.3. The van der Waals surface area contributed by atoms with Crippen LogP contribution in [0.4, 0.5) is 0 Å². The van der Waals surface area contributed by atoms with Crippen LogP contribution in [0.15, 0.2) is 42.5 Å². The minimum absolute atomic E-state index is 0.163. The van der Waals surface area contributed by atoms with Gasteiger partial charge < -0.3 is 24.5 Å². The van der Waals surface area contributed by atoms with E-state index in [2.05, 4.69) is 10.3 Å². The van der Waals surface area contributed by atoms with E-state index in [1.165, 1.54) is 0 Å². The van der Waals surface area contributed by atoms with Gasteiger partial charge in [0, 0.05) is 17.0 Å². The molecule has 0 radical (unpaired) electrons. The third kappa shape index (κ3) is 3.06. The summed E-state index contributed by atoms with van der Waals surface area (Å²) in [5.74, 6) is 2.05. The first-order valence-electron chi connectivity index (χ1n) is 8.60. The van der Waals surface area contributed by atoms with Crippen LogP contribution in [0.25, 0.3) is 10.9 Å². The number of aromatic amines is 1. The van der Waals surface area contributed by atoms with Gasteiger partial charge in [0.1, 0.15) is 11.4 Å². The van der Waals surface area contributed by atoms with Gasteiger partial charge in [0.05, 0.1) is 12.6 Å². The zero-order valence-corrected chi connectivity index (χ0v) is 14.7. The second-order valence-electron chi connectivity index (χ2n) is 6.17. The molecule has 26 heavy (non-hydrogen) atoms. The van der Waals surface area contributed by atoms with Gasteiger partial charge in [0.15, 0.2) is 11.5 Å². The number of carbonyl (C=O) groups excluding carboxylic acids is 1. The number of amides is 1. The number of rotatable bonds is 5. The van der Waals surface area contributed by atoms with E-state index >= 15 is 0 Å². The molecule has 1 atom stereocenters. The third-order valence-corrected chi connectivity index (χ3v) is 4.39. The monoisotopic (exact) mass is 352 g/mol. The van der Waals surface area contributed by atoms with Gasteiger partial charge in [-0.1, -0.05) is 6.07 Å². The molecule has 1 unspecified atom stereocenters. The minimum atomic E-state index is -0.164. The highest BCUT2D eigenvalue weighted by molar-refractivity contribution is 5.98. The maximum atomic E-state index is 12.6. The summed E-state index contributed by atoms with van der Waals surface area (Å²) in [6, 6.07) is 13.1. The summed E-state index contributed by atoms with van der Waals surface area (Å²) in [5.41, 5.74) is 2.34. The first-order valence-corrected chi connectivity index (χ1v) is 8.60. The molecule has 134 valence electrons. The van der Waals surface area contributed by atoms with E-state index in [1.54, 1.807) is 0 Å². The molecule has 0 spiro atoms. The van der Waals surface area contributed by atoms with Crippen molar-refractivity contribution in [3.8, 4) is 17.2 Å². The van der Waals surface area contributed by atoms with E-state index in [1.807, 2.05) is 56.3 Å². The van der Waals surface area contributed by atoms with Crippen LogP contribution in [-0.4, -0.2) is 24.3 Å². The van der Waals surface area contributed by atoms with E-state index in [0.717, 1.165) is 28.0 Å². The molecule has 0 bridgehead atoms. The summed E-state index contributed by atoms with van der Waals surface area (Å²) in [7, 11) is 0. The highest BCUT2D eigenvalue weighted by Crippen LogP contribution is 2.34. The fourth-order valence-electron chi connectivity index (χ4n) is 3.03. The van der Waals surface area contributed by atoms with Gasteiger partial charge >= 0.3 is 0 Å². The molecule has 2 heterocycles. The molecular weight excluding hydrogens is 332 g/mol. The average Bonchev–Trinajstić information content (AvgIpc) is 3.27. The van der Waals surface area contributed by atoms with Crippen LogP contribution >= 0.6 is 0 Å². The zero-order chi connectivity index (χ0) is 18.1. The normalized spacial score (nSPS) is 13.6. The first-order chi connectivity index (χ1) is 12.6. The Balaban J connectivity index is 1.51. The van der Waals surface area contributed by atoms with Gasteiger partial charge in [0.2, 0.25) is 6.79 Å². The highest BCUT2D eigenvalue weighted by atomic mass is 16.7. The summed E-state index contributed by atoms with van der Waals surface area (Å²) in [6.07, 6.45) is 0. The predicted octanol–water partition coefficient (Wildman–Crippen LogP) is 3.79. The van der Waals surface area contributed by atoms with Gasteiger partial charge in [0.25, 0.3) is 5.91 Å². The molecule has 3 aromatic rings.